The van der Waals surface area contributed by atoms with Crippen molar-refractivity contribution in [2.45, 2.75) is 69.4 Å². The van der Waals surface area contributed by atoms with Crippen LogP contribution in [0.15, 0.2) is 48.5 Å². The Morgan fingerprint density at radius 1 is 1.06 bits per heavy atom. The molecule has 2 amide bonds. The van der Waals surface area contributed by atoms with E-state index in [4.69, 9.17) is 9.84 Å². The minimum absolute atomic E-state index is 0.0154. The molecular weight excluding hydrogens is 432 g/mol. The Kier molecular flexibility index (Phi) is 7.20. The van der Waals surface area contributed by atoms with Gasteiger partial charge in [0.05, 0.1) is 5.54 Å². The fourth-order valence-corrected chi connectivity index (χ4v) is 5.06. The highest BCUT2D eigenvalue weighted by Gasteiger charge is 2.41. The molecule has 2 aromatic carbocycles. The molecule has 4 rings (SSSR count). The van der Waals surface area contributed by atoms with E-state index in [2.05, 4.69) is 34.9 Å². The van der Waals surface area contributed by atoms with E-state index in [9.17, 15) is 14.4 Å². The highest BCUT2D eigenvalue weighted by Crippen LogP contribution is 2.44. The van der Waals surface area contributed by atoms with Gasteiger partial charge in [-0.2, -0.15) is 0 Å². The summed E-state index contributed by atoms with van der Waals surface area (Å²) in [6, 6.07) is 16.2. The number of benzene rings is 2. The van der Waals surface area contributed by atoms with E-state index >= 15 is 0 Å². The van der Waals surface area contributed by atoms with E-state index in [1.165, 1.54) is 11.1 Å². The van der Waals surface area contributed by atoms with Crippen molar-refractivity contribution in [3.05, 3.63) is 59.7 Å². The Morgan fingerprint density at radius 2 is 1.68 bits per heavy atom. The first kappa shape index (κ1) is 23.8. The molecule has 1 fully saturated rings. The second-order valence-corrected chi connectivity index (χ2v) is 9.37. The van der Waals surface area contributed by atoms with Gasteiger partial charge < -0.3 is 20.5 Å². The third-order valence-electron chi connectivity index (χ3n) is 7.09. The third kappa shape index (κ3) is 5.24. The first-order valence-electron chi connectivity index (χ1n) is 12.0. The summed E-state index contributed by atoms with van der Waals surface area (Å²) >= 11 is 0. The second kappa shape index (κ2) is 10.3. The molecule has 180 valence electrons. The molecule has 0 spiro atoms. The fraction of sp³-hybridized carbons (Fsp3) is 0.444. The van der Waals surface area contributed by atoms with Gasteiger partial charge in [-0.15, -0.1) is 0 Å². The molecular formula is C27H32N2O5. The third-order valence-corrected chi connectivity index (χ3v) is 7.09. The van der Waals surface area contributed by atoms with Crippen molar-refractivity contribution in [2.24, 2.45) is 0 Å². The molecule has 0 radical (unpaired) electrons. The lowest BCUT2D eigenvalue weighted by Crippen LogP contribution is -2.56. The monoisotopic (exact) mass is 464 g/mol. The average molecular weight is 465 g/mol. The highest BCUT2D eigenvalue weighted by atomic mass is 16.5. The molecule has 0 bridgehead atoms. The number of carboxylic acids is 1. The van der Waals surface area contributed by atoms with E-state index in [0.717, 1.165) is 30.4 Å². The molecule has 3 N–H and O–H groups in total. The zero-order chi connectivity index (χ0) is 24.1. The quantitative estimate of drug-likeness (QED) is 0.477. The Hall–Kier alpha value is -3.35. The molecule has 7 heteroatoms. The maximum atomic E-state index is 12.7. The number of carbonyl (C=O) groups excluding carboxylic acids is 2. The van der Waals surface area contributed by atoms with E-state index in [1.54, 1.807) is 0 Å². The van der Waals surface area contributed by atoms with E-state index in [-0.39, 0.29) is 37.3 Å². The van der Waals surface area contributed by atoms with Gasteiger partial charge in [0.1, 0.15) is 6.61 Å². The SMILES string of the molecule is CCC(CCC(=O)O)NC(=O)CC1(NC(=O)OCC2c3ccccc3-c3ccccc32)CCC1. The molecule has 0 heterocycles. The number of hydrogen-bond acceptors (Lipinski definition) is 4. The number of fused-ring (bicyclic) bond motifs is 3. The van der Waals surface area contributed by atoms with Crippen LogP contribution in [-0.2, 0) is 14.3 Å². The van der Waals surface area contributed by atoms with Crippen LogP contribution in [0.1, 0.15) is 68.9 Å². The molecule has 34 heavy (non-hydrogen) atoms. The van der Waals surface area contributed by atoms with Crippen LogP contribution < -0.4 is 10.6 Å². The summed E-state index contributed by atoms with van der Waals surface area (Å²) in [5, 5.41) is 14.8. The Balaban J connectivity index is 1.33. The van der Waals surface area contributed by atoms with E-state index in [0.29, 0.717) is 12.8 Å². The summed E-state index contributed by atoms with van der Waals surface area (Å²) in [6.07, 6.45) is 3.10. The van der Waals surface area contributed by atoms with Gasteiger partial charge in [-0.05, 0) is 54.4 Å². The van der Waals surface area contributed by atoms with Crippen LogP contribution in [-0.4, -0.2) is 41.3 Å². The van der Waals surface area contributed by atoms with Crippen molar-refractivity contribution >= 4 is 18.0 Å². The first-order chi connectivity index (χ1) is 16.4. The van der Waals surface area contributed by atoms with Crippen LogP contribution in [0.5, 0.6) is 0 Å². The van der Waals surface area contributed by atoms with Crippen molar-refractivity contribution in [2.75, 3.05) is 6.61 Å². The lowest BCUT2D eigenvalue weighted by molar-refractivity contribution is -0.137. The van der Waals surface area contributed by atoms with E-state index < -0.39 is 17.6 Å². The lowest BCUT2D eigenvalue weighted by atomic mass is 9.74. The fourth-order valence-electron chi connectivity index (χ4n) is 5.06. The summed E-state index contributed by atoms with van der Waals surface area (Å²) in [5.74, 6) is -1.06. The summed E-state index contributed by atoms with van der Waals surface area (Å²) in [7, 11) is 0. The van der Waals surface area contributed by atoms with Crippen LogP contribution in [0.2, 0.25) is 0 Å². The summed E-state index contributed by atoms with van der Waals surface area (Å²) in [4.78, 5) is 36.2. The van der Waals surface area contributed by atoms with Gasteiger partial charge in [-0.1, -0.05) is 55.5 Å². The molecule has 2 aliphatic rings. The van der Waals surface area contributed by atoms with Crippen molar-refractivity contribution < 1.29 is 24.2 Å². The van der Waals surface area contributed by atoms with Crippen molar-refractivity contribution in [1.29, 1.82) is 0 Å². The summed E-state index contributed by atoms with van der Waals surface area (Å²) in [6.45, 7) is 2.15. The van der Waals surface area contributed by atoms with Crippen molar-refractivity contribution in [3.8, 4) is 11.1 Å². The van der Waals surface area contributed by atoms with Gasteiger partial charge in [-0.3, -0.25) is 9.59 Å². The van der Waals surface area contributed by atoms with Crippen molar-refractivity contribution in [1.82, 2.24) is 10.6 Å². The number of nitrogens with one attached hydrogen (secondary N) is 2. The minimum Gasteiger partial charge on any atom is -0.481 e. The first-order valence-corrected chi connectivity index (χ1v) is 12.0. The minimum atomic E-state index is -0.875. The topological polar surface area (TPSA) is 105 Å². The number of alkyl carbamates (subject to hydrolysis) is 1. The largest absolute Gasteiger partial charge is 0.481 e. The van der Waals surface area contributed by atoms with Crippen LogP contribution >= 0.6 is 0 Å². The molecule has 1 unspecified atom stereocenters. The van der Waals surface area contributed by atoms with Gasteiger partial charge in [0.25, 0.3) is 0 Å². The normalized spacial score (nSPS) is 16.5. The number of aliphatic carboxylic acids is 1. The summed E-state index contributed by atoms with van der Waals surface area (Å²) < 4.78 is 5.67. The molecule has 1 atom stereocenters. The van der Waals surface area contributed by atoms with Gasteiger partial charge >= 0.3 is 12.1 Å². The predicted octanol–water partition coefficient (Wildman–Crippen LogP) is 4.60. The Labute approximate surface area is 199 Å². The highest BCUT2D eigenvalue weighted by molar-refractivity contribution is 5.80. The standard InChI is InChI=1S/C27H32N2O5/c1-2-18(12-13-25(31)32)28-24(30)16-27(14-7-15-27)29-26(33)34-17-23-21-10-5-3-8-19(21)20-9-4-6-11-22(20)23/h3-6,8-11,18,23H,2,7,12-17H2,1H3,(H,28,30)(H,29,33)(H,31,32). The smallest absolute Gasteiger partial charge is 0.407 e. The number of carbonyl (C=O) groups is 3. The molecule has 1 saturated carbocycles. The van der Waals surface area contributed by atoms with Crippen LogP contribution in [0, 0.1) is 0 Å². The zero-order valence-corrected chi connectivity index (χ0v) is 19.5. The molecule has 7 nitrogen and oxygen atoms in total. The number of carboxylic acid groups (broad SMARTS) is 1. The Bertz CT molecular complexity index is 1020. The number of rotatable bonds is 10. The van der Waals surface area contributed by atoms with Crippen LogP contribution in [0.4, 0.5) is 4.79 Å². The maximum absolute atomic E-state index is 12.7. The molecule has 0 saturated heterocycles. The van der Waals surface area contributed by atoms with Crippen molar-refractivity contribution in [3.63, 3.8) is 0 Å². The molecule has 0 aliphatic heterocycles. The maximum Gasteiger partial charge on any atom is 0.407 e. The van der Waals surface area contributed by atoms with Gasteiger partial charge in [0.2, 0.25) is 5.91 Å². The van der Waals surface area contributed by atoms with Crippen LogP contribution in [0.3, 0.4) is 0 Å². The molecule has 2 aliphatic carbocycles. The average Bonchev–Trinajstić information content (AvgIpc) is 3.12. The Morgan fingerprint density at radius 3 is 2.21 bits per heavy atom. The van der Waals surface area contributed by atoms with E-state index in [1.807, 2.05) is 31.2 Å². The lowest BCUT2D eigenvalue weighted by Gasteiger charge is -2.42. The molecule has 0 aromatic heterocycles. The zero-order valence-electron chi connectivity index (χ0n) is 19.5. The predicted molar refractivity (Wildman–Crippen MR) is 128 cm³/mol. The van der Waals surface area contributed by atoms with Gasteiger partial charge in [-0.25, -0.2) is 4.79 Å². The van der Waals surface area contributed by atoms with Crippen LogP contribution in [0.25, 0.3) is 11.1 Å². The second-order valence-electron chi connectivity index (χ2n) is 9.37. The number of ether oxygens (including phenoxy) is 1. The number of amides is 2. The van der Waals surface area contributed by atoms with Gasteiger partial charge in [0.15, 0.2) is 0 Å². The van der Waals surface area contributed by atoms with Gasteiger partial charge in [0, 0.05) is 24.8 Å². The number of hydrogen-bond donors (Lipinski definition) is 3. The molecule has 2 aromatic rings. The summed E-state index contributed by atoms with van der Waals surface area (Å²) in [5.41, 5.74) is 4.06.